The third kappa shape index (κ3) is 2.60. The highest BCUT2D eigenvalue weighted by Crippen LogP contribution is 2.08. The molecular formula is C9H14N2O. The van der Waals surface area contributed by atoms with E-state index < -0.39 is 6.10 Å². The van der Waals surface area contributed by atoms with Gasteiger partial charge in [-0.1, -0.05) is 6.07 Å². The lowest BCUT2D eigenvalue weighted by Crippen LogP contribution is -2.20. The fourth-order valence-corrected chi connectivity index (χ4v) is 1.01. The molecule has 0 bridgehead atoms. The minimum absolute atomic E-state index is 0.485. The fraction of sp³-hybridized carbons (Fsp3) is 0.444. The van der Waals surface area contributed by atoms with Gasteiger partial charge in [-0.15, -0.1) is 0 Å². The molecule has 0 fully saturated rings. The summed E-state index contributed by atoms with van der Waals surface area (Å²) >= 11 is 0. The van der Waals surface area contributed by atoms with E-state index in [0.29, 0.717) is 6.54 Å². The number of aromatic nitrogens is 1. The first-order valence-corrected chi connectivity index (χ1v) is 3.94. The Labute approximate surface area is 72.7 Å². The molecule has 0 amide bonds. The van der Waals surface area contributed by atoms with Crippen LogP contribution in [0.1, 0.15) is 11.8 Å². The van der Waals surface area contributed by atoms with Crippen LogP contribution in [0.5, 0.6) is 0 Å². The van der Waals surface area contributed by atoms with Crippen molar-refractivity contribution in [1.82, 2.24) is 9.88 Å². The molecule has 0 aliphatic rings. The van der Waals surface area contributed by atoms with Crippen molar-refractivity contribution in [2.75, 3.05) is 20.6 Å². The van der Waals surface area contributed by atoms with E-state index in [9.17, 15) is 5.11 Å². The van der Waals surface area contributed by atoms with Crippen LogP contribution in [0.15, 0.2) is 24.4 Å². The van der Waals surface area contributed by atoms with Crippen molar-refractivity contribution in [3.05, 3.63) is 30.1 Å². The number of likely N-dealkylation sites (N-methyl/N-ethyl adjacent to an activating group) is 1. The first-order chi connectivity index (χ1) is 5.70. The summed E-state index contributed by atoms with van der Waals surface area (Å²) in [5.74, 6) is 0. The summed E-state index contributed by atoms with van der Waals surface area (Å²) in [5, 5.41) is 9.59. The zero-order valence-corrected chi connectivity index (χ0v) is 7.44. The van der Waals surface area contributed by atoms with Gasteiger partial charge in [-0.2, -0.15) is 0 Å². The Balaban J connectivity index is 2.59. The summed E-state index contributed by atoms with van der Waals surface area (Å²) in [5.41, 5.74) is 0.728. The number of rotatable bonds is 3. The first-order valence-electron chi connectivity index (χ1n) is 3.94. The Morgan fingerprint density at radius 2 is 2.25 bits per heavy atom. The first kappa shape index (κ1) is 9.16. The maximum Gasteiger partial charge on any atom is 0.109 e. The van der Waals surface area contributed by atoms with Gasteiger partial charge in [-0.25, -0.2) is 0 Å². The molecule has 66 valence electrons. The quantitative estimate of drug-likeness (QED) is 0.717. The van der Waals surface area contributed by atoms with E-state index in [-0.39, 0.29) is 0 Å². The number of nitrogens with zero attached hydrogens (tertiary/aromatic N) is 2. The average molecular weight is 166 g/mol. The van der Waals surface area contributed by atoms with Gasteiger partial charge in [0, 0.05) is 12.7 Å². The molecule has 0 unspecified atom stereocenters. The van der Waals surface area contributed by atoms with Crippen LogP contribution in [-0.4, -0.2) is 35.6 Å². The van der Waals surface area contributed by atoms with Crippen molar-refractivity contribution in [1.29, 1.82) is 0 Å². The molecule has 1 aromatic heterocycles. The van der Waals surface area contributed by atoms with Crippen molar-refractivity contribution < 1.29 is 5.11 Å². The summed E-state index contributed by atoms with van der Waals surface area (Å²) in [6.45, 7) is 0.608. The van der Waals surface area contributed by atoms with Crippen molar-refractivity contribution in [3.8, 4) is 0 Å². The maximum absolute atomic E-state index is 9.59. The minimum atomic E-state index is -0.485. The van der Waals surface area contributed by atoms with Crippen LogP contribution in [0.25, 0.3) is 0 Å². The highest BCUT2D eigenvalue weighted by molar-refractivity contribution is 5.06. The Morgan fingerprint density at radius 3 is 2.75 bits per heavy atom. The molecule has 0 spiro atoms. The molecule has 0 radical (unpaired) electrons. The van der Waals surface area contributed by atoms with Gasteiger partial charge in [0.25, 0.3) is 0 Å². The summed E-state index contributed by atoms with van der Waals surface area (Å²) in [6.07, 6.45) is 1.20. The molecule has 0 saturated carbocycles. The normalized spacial score (nSPS) is 13.3. The number of pyridine rings is 1. The lowest BCUT2D eigenvalue weighted by Gasteiger charge is -2.14. The third-order valence-corrected chi connectivity index (χ3v) is 1.57. The smallest absolute Gasteiger partial charge is 0.109 e. The van der Waals surface area contributed by atoms with E-state index in [1.807, 2.05) is 37.2 Å². The number of hydrogen-bond acceptors (Lipinski definition) is 3. The van der Waals surface area contributed by atoms with E-state index in [0.717, 1.165) is 5.69 Å². The zero-order chi connectivity index (χ0) is 8.97. The number of aliphatic hydroxyl groups excluding tert-OH is 1. The monoisotopic (exact) mass is 166 g/mol. The van der Waals surface area contributed by atoms with Crippen LogP contribution in [0, 0.1) is 0 Å². The highest BCUT2D eigenvalue weighted by atomic mass is 16.3. The molecule has 1 aromatic rings. The molecule has 1 rings (SSSR count). The number of aliphatic hydroxyl groups is 1. The summed E-state index contributed by atoms with van der Waals surface area (Å²) in [4.78, 5) is 5.98. The lowest BCUT2D eigenvalue weighted by atomic mass is 10.2. The molecule has 0 aliphatic carbocycles. The van der Waals surface area contributed by atoms with Crippen LogP contribution in [0.3, 0.4) is 0 Å². The van der Waals surface area contributed by atoms with Crippen molar-refractivity contribution in [2.45, 2.75) is 6.10 Å². The second-order valence-electron chi connectivity index (χ2n) is 3.03. The van der Waals surface area contributed by atoms with Gasteiger partial charge >= 0.3 is 0 Å². The molecule has 1 atom stereocenters. The Kier molecular flexibility index (Phi) is 3.19. The maximum atomic E-state index is 9.59. The third-order valence-electron chi connectivity index (χ3n) is 1.57. The van der Waals surface area contributed by atoms with Gasteiger partial charge < -0.3 is 10.0 Å². The van der Waals surface area contributed by atoms with Gasteiger partial charge in [-0.3, -0.25) is 4.98 Å². The van der Waals surface area contributed by atoms with Crippen LogP contribution < -0.4 is 0 Å². The molecule has 3 nitrogen and oxygen atoms in total. The van der Waals surface area contributed by atoms with Gasteiger partial charge in [0.05, 0.1) is 5.69 Å². The number of hydrogen-bond donors (Lipinski definition) is 1. The zero-order valence-electron chi connectivity index (χ0n) is 7.44. The van der Waals surface area contributed by atoms with E-state index >= 15 is 0 Å². The van der Waals surface area contributed by atoms with E-state index in [4.69, 9.17) is 0 Å². The highest BCUT2D eigenvalue weighted by Gasteiger charge is 2.08. The van der Waals surface area contributed by atoms with E-state index in [1.54, 1.807) is 6.20 Å². The predicted molar refractivity (Wildman–Crippen MR) is 47.8 cm³/mol. The summed E-state index contributed by atoms with van der Waals surface area (Å²) in [7, 11) is 3.85. The van der Waals surface area contributed by atoms with E-state index in [2.05, 4.69) is 4.98 Å². The topological polar surface area (TPSA) is 36.4 Å². The van der Waals surface area contributed by atoms with Gasteiger partial charge in [-0.05, 0) is 26.2 Å². The Morgan fingerprint density at radius 1 is 1.50 bits per heavy atom. The lowest BCUT2D eigenvalue weighted by molar-refractivity contribution is 0.134. The minimum Gasteiger partial charge on any atom is -0.385 e. The van der Waals surface area contributed by atoms with Crippen LogP contribution >= 0.6 is 0 Å². The average Bonchev–Trinajstić information content (AvgIpc) is 2.05. The fourth-order valence-electron chi connectivity index (χ4n) is 1.01. The predicted octanol–water partition coefficient (Wildman–Crippen LogP) is 0.677. The molecule has 3 heteroatoms. The molecule has 0 saturated heterocycles. The SMILES string of the molecule is CN(C)C[C@H](O)c1ccccn1. The molecule has 0 aromatic carbocycles. The molecular weight excluding hydrogens is 152 g/mol. The second kappa shape index (κ2) is 4.18. The largest absolute Gasteiger partial charge is 0.385 e. The van der Waals surface area contributed by atoms with Crippen molar-refractivity contribution in [3.63, 3.8) is 0 Å². The molecule has 0 aliphatic heterocycles. The van der Waals surface area contributed by atoms with Crippen LogP contribution in [-0.2, 0) is 0 Å². The standard InChI is InChI=1S/C9H14N2O/c1-11(2)7-9(12)8-5-3-4-6-10-8/h3-6,9,12H,7H2,1-2H3/t9-/m0/s1. The van der Waals surface area contributed by atoms with E-state index in [1.165, 1.54) is 0 Å². The Hall–Kier alpha value is -0.930. The molecule has 12 heavy (non-hydrogen) atoms. The summed E-state index contributed by atoms with van der Waals surface area (Å²) < 4.78 is 0. The van der Waals surface area contributed by atoms with Crippen LogP contribution in [0.4, 0.5) is 0 Å². The van der Waals surface area contributed by atoms with Gasteiger partial charge in [0.1, 0.15) is 6.10 Å². The van der Waals surface area contributed by atoms with Gasteiger partial charge in [0.2, 0.25) is 0 Å². The molecule has 1 heterocycles. The Bertz CT molecular complexity index is 223. The van der Waals surface area contributed by atoms with Crippen LogP contribution in [0.2, 0.25) is 0 Å². The second-order valence-corrected chi connectivity index (χ2v) is 3.03. The summed E-state index contributed by atoms with van der Waals surface area (Å²) in [6, 6.07) is 5.54. The van der Waals surface area contributed by atoms with Crippen molar-refractivity contribution in [2.24, 2.45) is 0 Å². The van der Waals surface area contributed by atoms with Crippen molar-refractivity contribution >= 4 is 0 Å². The molecule has 1 N–H and O–H groups in total. The van der Waals surface area contributed by atoms with Gasteiger partial charge in [0.15, 0.2) is 0 Å².